The number of hydrogen-bond donors (Lipinski definition) is 2. The number of hydrogen-bond acceptors (Lipinski definition) is 8. The minimum atomic E-state index is -4.56. The molecule has 2 aromatic carbocycles. The van der Waals surface area contributed by atoms with Gasteiger partial charge in [-0.15, -0.1) is 0 Å². The summed E-state index contributed by atoms with van der Waals surface area (Å²) in [6.07, 6.45) is -1.52. The lowest BCUT2D eigenvalue weighted by Gasteiger charge is -2.33. The Hall–Kier alpha value is -4.42. The summed E-state index contributed by atoms with van der Waals surface area (Å²) in [6, 6.07) is 13.7. The molecule has 0 radical (unpaired) electrons. The smallest absolute Gasteiger partial charge is 0.422 e. The molecule has 3 aromatic rings. The van der Waals surface area contributed by atoms with Gasteiger partial charge in [0.25, 0.3) is 5.91 Å². The van der Waals surface area contributed by atoms with Gasteiger partial charge in [0.1, 0.15) is 11.6 Å². The lowest BCUT2D eigenvalue weighted by Crippen LogP contribution is -2.45. The van der Waals surface area contributed by atoms with Crippen LogP contribution in [-0.2, 0) is 17.8 Å². The van der Waals surface area contributed by atoms with Crippen LogP contribution in [-0.4, -0.2) is 70.7 Å². The van der Waals surface area contributed by atoms with E-state index >= 15 is 0 Å². The third kappa shape index (κ3) is 11.2. The van der Waals surface area contributed by atoms with Gasteiger partial charge in [-0.2, -0.15) is 28.1 Å². The molecule has 0 atom stereocenters. The topological polar surface area (TPSA) is 119 Å². The van der Waals surface area contributed by atoms with Crippen LogP contribution >= 0.6 is 0 Å². The molecule has 5 heterocycles. The van der Waals surface area contributed by atoms with E-state index in [0.29, 0.717) is 50.4 Å². The Labute approximate surface area is 267 Å². The van der Waals surface area contributed by atoms with Gasteiger partial charge in [-0.25, -0.2) is 0 Å². The van der Waals surface area contributed by atoms with Gasteiger partial charge in [-0.3, -0.25) is 9.59 Å². The summed E-state index contributed by atoms with van der Waals surface area (Å²) >= 11 is 0. The second-order valence-corrected chi connectivity index (χ2v) is 12.1. The maximum absolute atomic E-state index is 13.1. The monoisotopic (exact) mass is 642 g/mol. The Morgan fingerprint density at radius 2 is 1.74 bits per heavy atom. The quantitative estimate of drug-likeness (QED) is 0.371. The number of halogens is 3. The molecule has 4 aliphatic heterocycles. The summed E-state index contributed by atoms with van der Waals surface area (Å²) in [5.41, 5.74) is 1.66. The maximum Gasteiger partial charge on any atom is 0.422 e. The first kappa shape index (κ1) is 34.5. The van der Waals surface area contributed by atoms with Crippen molar-refractivity contribution in [2.75, 3.05) is 38.2 Å². The maximum atomic E-state index is 13.1. The van der Waals surface area contributed by atoms with Crippen molar-refractivity contribution in [3.05, 3.63) is 71.0 Å². The molecule has 7 rings (SSSR count). The molecule has 0 saturated carbocycles. The highest BCUT2D eigenvalue weighted by Gasteiger charge is 2.29. The fourth-order valence-corrected chi connectivity index (χ4v) is 4.83. The van der Waals surface area contributed by atoms with Crippen LogP contribution in [0.2, 0.25) is 0 Å². The van der Waals surface area contributed by atoms with Crippen molar-refractivity contribution in [3.8, 4) is 11.8 Å². The van der Waals surface area contributed by atoms with Crippen molar-refractivity contribution < 1.29 is 32.2 Å². The summed E-state index contributed by atoms with van der Waals surface area (Å²) in [6.45, 7) is 6.63. The largest absolute Gasteiger partial charge is 0.494 e. The highest BCUT2D eigenvalue weighted by atomic mass is 19.4. The fraction of sp³-hybridized carbons (Fsp3) is 0.485. The molecule has 10 nitrogen and oxygen atoms in total. The number of amides is 2. The number of nitrogens with zero attached hydrogens (tertiary/aromatic N) is 4. The van der Waals surface area contributed by atoms with Crippen LogP contribution < -0.4 is 20.1 Å². The van der Waals surface area contributed by atoms with E-state index in [1.807, 2.05) is 43.0 Å². The molecule has 46 heavy (non-hydrogen) atoms. The Kier molecular flexibility index (Phi) is 11.8. The lowest BCUT2D eigenvalue weighted by molar-refractivity contribution is -0.154. The zero-order valence-corrected chi connectivity index (χ0v) is 26.5. The Balaban J connectivity index is 1.57. The van der Waals surface area contributed by atoms with E-state index in [4.69, 9.17) is 9.47 Å². The van der Waals surface area contributed by atoms with Gasteiger partial charge < -0.3 is 25.0 Å². The first-order valence-electron chi connectivity index (χ1n) is 15.4. The first-order valence-corrected chi connectivity index (χ1v) is 15.4. The number of unbranched alkanes of at least 4 members (excludes halogenated alkanes) is 1. The Morgan fingerprint density at radius 1 is 1.02 bits per heavy atom. The fourth-order valence-electron chi connectivity index (χ4n) is 4.83. The average Bonchev–Trinajstić information content (AvgIpc) is 3.02. The number of benzene rings is 2. The summed E-state index contributed by atoms with van der Waals surface area (Å²) in [4.78, 5) is 40.4. The molecule has 0 fully saturated rings. The molecular formula is C33H41F3N6O4. The number of carbonyl (C=O) groups excluding carboxylic acids is 2. The zero-order valence-electron chi connectivity index (χ0n) is 26.5. The van der Waals surface area contributed by atoms with Crippen LogP contribution in [0.4, 0.5) is 19.1 Å². The minimum absolute atomic E-state index is 0.0635. The average molecular weight is 643 g/mol. The predicted molar refractivity (Wildman–Crippen MR) is 167 cm³/mol. The highest BCUT2D eigenvalue weighted by molar-refractivity contribution is 5.94. The Morgan fingerprint density at radius 3 is 2.43 bits per heavy atom. The van der Waals surface area contributed by atoms with Crippen molar-refractivity contribution >= 4 is 17.8 Å². The van der Waals surface area contributed by atoms with E-state index in [2.05, 4.69) is 32.5 Å². The number of aromatic nitrogens is 3. The van der Waals surface area contributed by atoms with E-state index in [1.165, 1.54) is 0 Å². The van der Waals surface area contributed by atoms with Crippen LogP contribution in [0.1, 0.15) is 73.8 Å². The molecule has 0 aliphatic carbocycles. The van der Waals surface area contributed by atoms with Crippen molar-refractivity contribution in [1.29, 1.82) is 0 Å². The first-order chi connectivity index (χ1) is 21.9. The molecule has 2 N–H and O–H groups in total. The SMILES string of the molecule is CCCCC(=O)N1CCCOc2ccc(cc2)CNc2nc(nc(OCC(F)(F)F)n2)Cc2ccc(cc2)C(=O)NCC(C)(C)C1. The second-order valence-electron chi connectivity index (χ2n) is 12.1. The normalized spacial score (nSPS) is 16.1. The standard InChI is InChI=1S/C33H41F3N6O4/c1-4-5-7-28(43)42-16-6-17-45-26-14-10-24(11-15-26)19-37-30-39-27(40-31(41-30)46-22-33(34,35)36)18-23-8-12-25(13-9-23)29(44)38-20-32(2,3)21-42/h8-15H,4-7,16-22H2,1-3H3,(H,38,44)(H,37,39,40,41). The summed E-state index contributed by atoms with van der Waals surface area (Å²) in [5, 5.41) is 6.02. The van der Waals surface area contributed by atoms with Crippen molar-refractivity contribution in [3.63, 3.8) is 0 Å². The van der Waals surface area contributed by atoms with Gasteiger partial charge in [0.15, 0.2) is 6.61 Å². The van der Waals surface area contributed by atoms with Gasteiger partial charge in [0.05, 0.1) is 6.61 Å². The van der Waals surface area contributed by atoms with Crippen molar-refractivity contribution in [2.45, 2.75) is 65.6 Å². The number of anilines is 1. The van der Waals surface area contributed by atoms with Gasteiger partial charge in [-0.05, 0) is 53.6 Å². The van der Waals surface area contributed by atoms with Gasteiger partial charge in [-0.1, -0.05) is 51.5 Å². The third-order valence-corrected chi connectivity index (χ3v) is 7.26. The summed E-state index contributed by atoms with van der Waals surface area (Å²) in [5.74, 6) is 0.767. The van der Waals surface area contributed by atoms with Crippen LogP contribution in [0.3, 0.4) is 0 Å². The van der Waals surface area contributed by atoms with Gasteiger partial charge in [0.2, 0.25) is 11.9 Å². The van der Waals surface area contributed by atoms with Crippen LogP contribution in [0.15, 0.2) is 48.5 Å². The zero-order chi connectivity index (χ0) is 33.2. The van der Waals surface area contributed by atoms with Crippen LogP contribution in [0.5, 0.6) is 11.8 Å². The molecule has 2 amide bonds. The number of carbonyl (C=O) groups is 2. The predicted octanol–water partition coefficient (Wildman–Crippen LogP) is 5.57. The van der Waals surface area contributed by atoms with E-state index < -0.39 is 24.2 Å². The van der Waals surface area contributed by atoms with Gasteiger partial charge in [0, 0.05) is 44.6 Å². The van der Waals surface area contributed by atoms with Crippen LogP contribution in [0, 0.1) is 5.41 Å². The number of alkyl halides is 3. The number of nitrogens with one attached hydrogen (secondary N) is 2. The number of rotatable bonds is 5. The highest BCUT2D eigenvalue weighted by Crippen LogP contribution is 2.21. The molecule has 0 saturated heterocycles. The van der Waals surface area contributed by atoms with E-state index in [0.717, 1.165) is 24.0 Å². The molecule has 13 heteroatoms. The lowest BCUT2D eigenvalue weighted by atomic mass is 9.92. The molecule has 1 aromatic heterocycles. The molecule has 0 spiro atoms. The molecule has 4 aliphatic rings. The summed E-state index contributed by atoms with van der Waals surface area (Å²) in [7, 11) is 0. The van der Waals surface area contributed by atoms with E-state index in [9.17, 15) is 22.8 Å². The van der Waals surface area contributed by atoms with Crippen LogP contribution in [0.25, 0.3) is 0 Å². The van der Waals surface area contributed by atoms with E-state index in [-0.39, 0.29) is 36.6 Å². The van der Waals surface area contributed by atoms with Gasteiger partial charge >= 0.3 is 12.2 Å². The molecular weight excluding hydrogens is 601 g/mol. The minimum Gasteiger partial charge on any atom is -0.494 e. The second kappa shape index (κ2) is 15.7. The third-order valence-electron chi connectivity index (χ3n) is 7.26. The van der Waals surface area contributed by atoms with Crippen molar-refractivity contribution in [2.24, 2.45) is 5.41 Å². The molecule has 6 bridgehead atoms. The van der Waals surface area contributed by atoms with E-state index in [1.54, 1.807) is 24.3 Å². The Bertz CT molecular complexity index is 1450. The number of ether oxygens (including phenoxy) is 2. The summed E-state index contributed by atoms with van der Waals surface area (Å²) < 4.78 is 49.3. The molecule has 248 valence electrons. The molecule has 0 unspecified atom stereocenters. The van der Waals surface area contributed by atoms with Crippen molar-refractivity contribution in [1.82, 2.24) is 25.2 Å².